The summed E-state index contributed by atoms with van der Waals surface area (Å²) in [7, 11) is 0. The van der Waals surface area contributed by atoms with Gasteiger partial charge in [0.25, 0.3) is 0 Å². The van der Waals surface area contributed by atoms with Crippen LogP contribution in [0.4, 0.5) is 0 Å². The Balaban J connectivity index is 0. The third-order valence-electron chi connectivity index (χ3n) is 2.93. The molecule has 0 aliphatic rings. The van der Waals surface area contributed by atoms with Crippen LogP contribution in [-0.2, 0) is 4.74 Å². The lowest BCUT2D eigenvalue weighted by Crippen LogP contribution is -3.00. The first kappa shape index (κ1) is 15.9. The molecule has 3 heteroatoms. The molecule has 0 bridgehead atoms. The largest absolute Gasteiger partial charge is 1.00 e. The molecule has 0 aromatic rings. The van der Waals surface area contributed by atoms with Gasteiger partial charge in [0.1, 0.15) is 6.54 Å². The predicted molar refractivity (Wildman–Crippen MR) is 53.2 cm³/mol. The minimum atomic E-state index is 0. The topological polar surface area (TPSA) is 9.23 Å². The van der Waals surface area contributed by atoms with Crippen molar-refractivity contribution in [3.05, 3.63) is 0 Å². The minimum Gasteiger partial charge on any atom is -1.00 e. The van der Waals surface area contributed by atoms with Crippen LogP contribution in [0.2, 0.25) is 0 Å². The molecule has 0 spiro atoms. The molecule has 2 nitrogen and oxygen atoms in total. The second-order valence-electron chi connectivity index (χ2n) is 3.21. The first-order valence-electron chi connectivity index (χ1n) is 5.17. The third kappa shape index (κ3) is 5.66. The Morgan fingerprint density at radius 1 is 0.923 bits per heavy atom. The zero-order valence-corrected chi connectivity index (χ0v) is 11.1. The quantitative estimate of drug-likeness (QED) is 0.414. The van der Waals surface area contributed by atoms with Crippen LogP contribution in [-0.4, -0.2) is 43.9 Å². The summed E-state index contributed by atoms with van der Waals surface area (Å²) >= 11 is 0. The third-order valence-corrected chi connectivity index (χ3v) is 2.93. The monoisotopic (exact) mass is 253 g/mol. The van der Waals surface area contributed by atoms with E-state index in [9.17, 15) is 0 Å². The van der Waals surface area contributed by atoms with Crippen LogP contribution < -0.4 is 17.0 Å². The zero-order chi connectivity index (χ0) is 9.45. The number of hydrogen-bond acceptors (Lipinski definition) is 1. The molecular weight excluding hydrogens is 230 g/mol. The van der Waals surface area contributed by atoms with Crippen molar-refractivity contribution in [1.82, 2.24) is 0 Å². The van der Waals surface area contributed by atoms with Crippen molar-refractivity contribution in [3.63, 3.8) is 0 Å². The predicted octanol–water partition coefficient (Wildman–Crippen LogP) is -1.10. The Morgan fingerprint density at radius 3 is 1.69 bits per heavy atom. The lowest BCUT2D eigenvalue weighted by atomic mass is 10.3. The second-order valence-corrected chi connectivity index (χ2v) is 3.21. The summed E-state index contributed by atoms with van der Waals surface area (Å²) in [5.74, 6) is 0. The zero-order valence-electron chi connectivity index (χ0n) is 9.48. The van der Waals surface area contributed by atoms with Gasteiger partial charge in [0, 0.05) is 6.61 Å². The van der Waals surface area contributed by atoms with Crippen LogP contribution in [0.3, 0.4) is 0 Å². The smallest absolute Gasteiger partial charge is 0.102 e. The van der Waals surface area contributed by atoms with Crippen LogP contribution in [0.15, 0.2) is 0 Å². The standard InChI is InChI=1S/C10H24NO.BrH/c1-5-11(6-2,7-3)9-10-12-8-4;/h5-10H2,1-4H3;1H/q+1;/p-1. The van der Waals surface area contributed by atoms with Crippen molar-refractivity contribution in [2.45, 2.75) is 27.7 Å². The van der Waals surface area contributed by atoms with Crippen LogP contribution in [0, 0.1) is 0 Å². The highest BCUT2D eigenvalue weighted by Gasteiger charge is 2.19. The van der Waals surface area contributed by atoms with Crippen molar-refractivity contribution in [2.75, 3.05) is 39.4 Å². The number of rotatable bonds is 7. The molecule has 0 aliphatic carbocycles. The number of ether oxygens (including phenoxy) is 1. The van der Waals surface area contributed by atoms with Gasteiger partial charge in [-0.05, 0) is 27.7 Å². The summed E-state index contributed by atoms with van der Waals surface area (Å²) in [6.45, 7) is 15.4. The number of halogens is 1. The molecule has 0 heterocycles. The number of nitrogens with zero attached hydrogens (tertiary/aromatic N) is 1. The van der Waals surface area contributed by atoms with Crippen molar-refractivity contribution >= 4 is 0 Å². The number of quaternary nitrogens is 1. The maximum Gasteiger partial charge on any atom is 0.102 e. The average molecular weight is 254 g/mol. The van der Waals surface area contributed by atoms with Gasteiger partial charge in [-0.3, -0.25) is 0 Å². The molecule has 0 amide bonds. The Labute approximate surface area is 93.6 Å². The van der Waals surface area contributed by atoms with Gasteiger partial charge in [-0.25, -0.2) is 0 Å². The molecule has 0 aliphatic heterocycles. The van der Waals surface area contributed by atoms with Crippen molar-refractivity contribution in [1.29, 1.82) is 0 Å². The SMILES string of the molecule is CCOCC[N+](CC)(CC)CC.[Br-]. The highest BCUT2D eigenvalue weighted by molar-refractivity contribution is 4.37. The van der Waals surface area contributed by atoms with Crippen molar-refractivity contribution in [3.8, 4) is 0 Å². The fraction of sp³-hybridized carbons (Fsp3) is 1.00. The van der Waals surface area contributed by atoms with Gasteiger partial charge in [0.05, 0.1) is 26.2 Å². The Hall–Kier alpha value is 0.400. The van der Waals surface area contributed by atoms with E-state index in [0.29, 0.717) is 0 Å². The summed E-state index contributed by atoms with van der Waals surface area (Å²) in [6.07, 6.45) is 0. The van der Waals surface area contributed by atoms with Gasteiger partial charge >= 0.3 is 0 Å². The molecule has 0 unspecified atom stereocenters. The van der Waals surface area contributed by atoms with Crippen LogP contribution in [0.25, 0.3) is 0 Å². The van der Waals surface area contributed by atoms with Crippen LogP contribution in [0.5, 0.6) is 0 Å². The fourth-order valence-corrected chi connectivity index (χ4v) is 1.55. The molecule has 0 fully saturated rings. The lowest BCUT2D eigenvalue weighted by molar-refractivity contribution is -0.923. The highest BCUT2D eigenvalue weighted by atomic mass is 79.9. The Bertz CT molecular complexity index is 96.8. The lowest BCUT2D eigenvalue weighted by Gasteiger charge is -2.35. The fourth-order valence-electron chi connectivity index (χ4n) is 1.55. The van der Waals surface area contributed by atoms with Gasteiger partial charge in [-0.15, -0.1) is 0 Å². The summed E-state index contributed by atoms with van der Waals surface area (Å²) in [5, 5.41) is 0. The summed E-state index contributed by atoms with van der Waals surface area (Å²) in [5.41, 5.74) is 0. The van der Waals surface area contributed by atoms with E-state index in [4.69, 9.17) is 4.74 Å². The van der Waals surface area contributed by atoms with Gasteiger partial charge < -0.3 is 26.2 Å². The molecule has 0 aromatic heterocycles. The molecule has 0 atom stereocenters. The van der Waals surface area contributed by atoms with Gasteiger partial charge in [-0.2, -0.15) is 0 Å². The first-order chi connectivity index (χ1) is 5.74. The van der Waals surface area contributed by atoms with Crippen LogP contribution in [0.1, 0.15) is 27.7 Å². The summed E-state index contributed by atoms with van der Waals surface area (Å²) in [4.78, 5) is 0. The van der Waals surface area contributed by atoms with Crippen molar-refractivity contribution < 1.29 is 26.2 Å². The normalized spacial score (nSPS) is 11.1. The van der Waals surface area contributed by atoms with Gasteiger partial charge in [0.2, 0.25) is 0 Å². The molecule has 0 aromatic carbocycles. The Kier molecular flexibility index (Phi) is 10.9. The van der Waals surface area contributed by atoms with Gasteiger partial charge in [0.15, 0.2) is 0 Å². The maximum absolute atomic E-state index is 5.38. The Morgan fingerprint density at radius 2 is 1.38 bits per heavy atom. The van der Waals surface area contributed by atoms with Gasteiger partial charge in [-0.1, -0.05) is 0 Å². The summed E-state index contributed by atoms with van der Waals surface area (Å²) < 4.78 is 6.57. The van der Waals surface area contributed by atoms with Crippen molar-refractivity contribution in [2.24, 2.45) is 0 Å². The van der Waals surface area contributed by atoms with E-state index in [1.807, 2.05) is 0 Å². The molecule has 0 saturated carbocycles. The summed E-state index contributed by atoms with van der Waals surface area (Å²) in [6, 6.07) is 0. The molecule has 82 valence electrons. The highest BCUT2D eigenvalue weighted by Crippen LogP contribution is 2.04. The van der Waals surface area contributed by atoms with E-state index in [2.05, 4.69) is 27.7 Å². The molecule has 0 saturated heterocycles. The molecule has 13 heavy (non-hydrogen) atoms. The average Bonchev–Trinajstić information content (AvgIpc) is 2.14. The van der Waals surface area contributed by atoms with E-state index in [1.54, 1.807) is 0 Å². The molecular formula is C10H24BrNO. The van der Waals surface area contributed by atoms with E-state index in [0.717, 1.165) is 19.8 Å². The van der Waals surface area contributed by atoms with E-state index in [-0.39, 0.29) is 17.0 Å². The second kappa shape index (κ2) is 8.97. The maximum atomic E-state index is 5.38. The van der Waals surface area contributed by atoms with E-state index < -0.39 is 0 Å². The number of likely N-dealkylation sites (N-methyl/N-ethyl adjacent to an activating group) is 1. The van der Waals surface area contributed by atoms with Crippen LogP contribution >= 0.6 is 0 Å². The molecule has 0 N–H and O–H groups in total. The minimum absolute atomic E-state index is 0. The van der Waals surface area contributed by atoms with E-state index >= 15 is 0 Å². The number of hydrogen-bond donors (Lipinski definition) is 0. The first-order valence-corrected chi connectivity index (χ1v) is 5.17. The molecule has 0 radical (unpaired) electrons. The van der Waals surface area contributed by atoms with E-state index in [1.165, 1.54) is 24.1 Å². The molecule has 0 rings (SSSR count).